The number of rotatable bonds is 5. The van der Waals surface area contributed by atoms with Gasteiger partial charge in [0.15, 0.2) is 0 Å². The van der Waals surface area contributed by atoms with Crippen molar-refractivity contribution >= 4 is 5.69 Å². The van der Waals surface area contributed by atoms with Crippen LogP contribution in [-0.4, -0.2) is 18.3 Å². The second-order valence-electron chi connectivity index (χ2n) is 4.52. The molecule has 0 saturated heterocycles. The smallest absolute Gasteiger partial charge is 0.0504 e. The molecule has 0 bridgehead atoms. The average molecular weight is 205 g/mol. The lowest BCUT2D eigenvalue weighted by Crippen LogP contribution is -2.19. The van der Waals surface area contributed by atoms with Crippen LogP contribution in [0.4, 0.5) is 5.69 Å². The molecular formula is C13H19NO. The summed E-state index contributed by atoms with van der Waals surface area (Å²) in [6.45, 7) is 3.38. The second-order valence-corrected chi connectivity index (χ2v) is 4.52. The van der Waals surface area contributed by atoms with E-state index in [0.717, 1.165) is 25.8 Å². The average Bonchev–Trinajstić information content (AvgIpc) is 3.07. The van der Waals surface area contributed by atoms with E-state index >= 15 is 0 Å². The zero-order chi connectivity index (χ0) is 10.7. The van der Waals surface area contributed by atoms with Crippen molar-refractivity contribution in [1.82, 2.24) is 0 Å². The van der Waals surface area contributed by atoms with Crippen LogP contribution in [0.25, 0.3) is 0 Å². The molecule has 0 atom stereocenters. The molecule has 1 saturated carbocycles. The molecule has 0 aliphatic heterocycles. The van der Waals surface area contributed by atoms with E-state index in [1.807, 2.05) is 0 Å². The Hall–Kier alpha value is -1.02. The fourth-order valence-electron chi connectivity index (χ4n) is 1.85. The molecule has 2 nitrogen and oxygen atoms in total. The van der Waals surface area contributed by atoms with Gasteiger partial charge in [-0.1, -0.05) is 25.1 Å². The quantitative estimate of drug-likeness (QED) is 0.773. The molecule has 0 spiro atoms. The third-order valence-electron chi connectivity index (χ3n) is 3.34. The first-order valence-electron chi connectivity index (χ1n) is 5.72. The monoisotopic (exact) mass is 205 g/mol. The predicted molar refractivity (Wildman–Crippen MR) is 63.1 cm³/mol. The fourth-order valence-corrected chi connectivity index (χ4v) is 1.85. The standard InChI is InChI=1S/C13H19NO/c1-2-11-5-3-4-6-12(11)14-9-13(10-15)7-8-13/h3-6,14-15H,2,7-10H2,1H3. The highest BCUT2D eigenvalue weighted by Gasteiger charge is 2.41. The van der Waals surface area contributed by atoms with Gasteiger partial charge in [-0.05, 0) is 30.9 Å². The molecule has 82 valence electrons. The normalized spacial score (nSPS) is 17.5. The Labute approximate surface area is 91.3 Å². The number of hydrogen-bond acceptors (Lipinski definition) is 2. The number of aliphatic hydroxyl groups excluding tert-OH is 1. The van der Waals surface area contributed by atoms with Crippen LogP contribution >= 0.6 is 0 Å². The van der Waals surface area contributed by atoms with Gasteiger partial charge >= 0.3 is 0 Å². The molecule has 2 N–H and O–H groups in total. The summed E-state index contributed by atoms with van der Waals surface area (Å²) < 4.78 is 0. The van der Waals surface area contributed by atoms with E-state index in [2.05, 4.69) is 36.5 Å². The van der Waals surface area contributed by atoms with Gasteiger partial charge in [-0.2, -0.15) is 0 Å². The van der Waals surface area contributed by atoms with Crippen molar-refractivity contribution < 1.29 is 5.11 Å². The minimum Gasteiger partial charge on any atom is -0.396 e. The molecule has 1 aromatic carbocycles. The first-order valence-corrected chi connectivity index (χ1v) is 5.72. The van der Waals surface area contributed by atoms with Crippen molar-refractivity contribution in [2.24, 2.45) is 5.41 Å². The van der Waals surface area contributed by atoms with Crippen molar-refractivity contribution in [3.05, 3.63) is 29.8 Å². The highest BCUT2D eigenvalue weighted by molar-refractivity contribution is 5.51. The van der Waals surface area contributed by atoms with Crippen LogP contribution in [0.1, 0.15) is 25.3 Å². The highest BCUT2D eigenvalue weighted by Crippen LogP contribution is 2.45. The number of aryl methyl sites for hydroxylation is 1. The number of hydrogen-bond donors (Lipinski definition) is 2. The number of benzene rings is 1. The highest BCUT2D eigenvalue weighted by atomic mass is 16.3. The fraction of sp³-hybridized carbons (Fsp3) is 0.538. The van der Waals surface area contributed by atoms with Crippen LogP contribution in [0, 0.1) is 5.41 Å². The Morgan fingerprint density at radius 3 is 2.67 bits per heavy atom. The molecule has 1 aliphatic rings. The summed E-state index contributed by atoms with van der Waals surface area (Å²) in [6.07, 6.45) is 3.37. The summed E-state index contributed by atoms with van der Waals surface area (Å²) in [5.41, 5.74) is 2.76. The van der Waals surface area contributed by atoms with E-state index < -0.39 is 0 Å². The Kier molecular flexibility index (Phi) is 2.96. The van der Waals surface area contributed by atoms with E-state index in [9.17, 15) is 5.11 Å². The molecule has 0 radical (unpaired) electrons. The van der Waals surface area contributed by atoms with E-state index in [1.165, 1.54) is 11.3 Å². The first kappa shape index (κ1) is 10.5. The van der Waals surface area contributed by atoms with Crippen LogP contribution in [0.2, 0.25) is 0 Å². The zero-order valence-corrected chi connectivity index (χ0v) is 9.29. The van der Waals surface area contributed by atoms with Gasteiger partial charge in [0, 0.05) is 17.6 Å². The van der Waals surface area contributed by atoms with Gasteiger partial charge in [-0.3, -0.25) is 0 Å². The number of anilines is 1. The topological polar surface area (TPSA) is 32.3 Å². The van der Waals surface area contributed by atoms with Gasteiger partial charge in [0.1, 0.15) is 0 Å². The molecular weight excluding hydrogens is 186 g/mol. The van der Waals surface area contributed by atoms with Gasteiger partial charge < -0.3 is 10.4 Å². The summed E-state index contributed by atoms with van der Waals surface area (Å²) >= 11 is 0. The molecule has 2 heteroatoms. The van der Waals surface area contributed by atoms with E-state index in [0.29, 0.717) is 6.61 Å². The van der Waals surface area contributed by atoms with Crippen molar-refractivity contribution in [1.29, 1.82) is 0 Å². The zero-order valence-electron chi connectivity index (χ0n) is 9.29. The van der Waals surface area contributed by atoms with Crippen LogP contribution in [0.15, 0.2) is 24.3 Å². The van der Waals surface area contributed by atoms with Gasteiger partial charge in [-0.15, -0.1) is 0 Å². The lowest BCUT2D eigenvalue weighted by Gasteiger charge is -2.16. The predicted octanol–water partition coefficient (Wildman–Crippen LogP) is 2.43. The summed E-state index contributed by atoms with van der Waals surface area (Å²) in [4.78, 5) is 0. The Balaban J connectivity index is 1.98. The van der Waals surface area contributed by atoms with E-state index in [-0.39, 0.29) is 5.41 Å². The van der Waals surface area contributed by atoms with Gasteiger partial charge in [0.2, 0.25) is 0 Å². The number of nitrogens with one attached hydrogen (secondary N) is 1. The molecule has 1 aromatic rings. The van der Waals surface area contributed by atoms with Crippen molar-refractivity contribution in [3.63, 3.8) is 0 Å². The molecule has 1 fully saturated rings. The molecule has 0 amide bonds. The van der Waals surface area contributed by atoms with Gasteiger partial charge in [-0.25, -0.2) is 0 Å². The lowest BCUT2D eigenvalue weighted by molar-refractivity contribution is 0.220. The number of para-hydroxylation sites is 1. The third-order valence-corrected chi connectivity index (χ3v) is 3.34. The molecule has 1 aliphatic carbocycles. The Bertz CT molecular complexity index is 331. The van der Waals surface area contributed by atoms with Gasteiger partial charge in [0.25, 0.3) is 0 Å². The molecule has 2 rings (SSSR count). The van der Waals surface area contributed by atoms with Gasteiger partial charge in [0.05, 0.1) is 6.61 Å². The first-order chi connectivity index (χ1) is 7.29. The minimum atomic E-state index is 0.181. The SMILES string of the molecule is CCc1ccccc1NCC1(CO)CC1. The maximum atomic E-state index is 9.22. The Morgan fingerprint density at radius 1 is 1.33 bits per heavy atom. The van der Waals surface area contributed by atoms with Crippen molar-refractivity contribution in [2.45, 2.75) is 26.2 Å². The Morgan fingerprint density at radius 2 is 2.07 bits per heavy atom. The van der Waals surface area contributed by atoms with Crippen LogP contribution in [-0.2, 0) is 6.42 Å². The van der Waals surface area contributed by atoms with E-state index in [1.54, 1.807) is 0 Å². The lowest BCUT2D eigenvalue weighted by atomic mass is 10.1. The van der Waals surface area contributed by atoms with Crippen LogP contribution in [0.5, 0.6) is 0 Å². The second kappa shape index (κ2) is 4.23. The minimum absolute atomic E-state index is 0.181. The van der Waals surface area contributed by atoms with E-state index in [4.69, 9.17) is 0 Å². The number of aliphatic hydroxyl groups is 1. The summed E-state index contributed by atoms with van der Waals surface area (Å²) in [6, 6.07) is 8.40. The maximum Gasteiger partial charge on any atom is 0.0504 e. The van der Waals surface area contributed by atoms with Crippen LogP contribution < -0.4 is 5.32 Å². The molecule has 0 aromatic heterocycles. The third kappa shape index (κ3) is 2.32. The molecule has 15 heavy (non-hydrogen) atoms. The largest absolute Gasteiger partial charge is 0.396 e. The maximum absolute atomic E-state index is 9.22. The van der Waals surface area contributed by atoms with Crippen molar-refractivity contribution in [2.75, 3.05) is 18.5 Å². The van der Waals surface area contributed by atoms with Crippen molar-refractivity contribution in [3.8, 4) is 0 Å². The summed E-state index contributed by atoms with van der Waals surface area (Å²) in [7, 11) is 0. The van der Waals surface area contributed by atoms with Crippen LogP contribution in [0.3, 0.4) is 0 Å². The summed E-state index contributed by atoms with van der Waals surface area (Å²) in [5, 5.41) is 12.7. The summed E-state index contributed by atoms with van der Waals surface area (Å²) in [5.74, 6) is 0. The molecule has 0 heterocycles. The molecule has 0 unspecified atom stereocenters.